The van der Waals surface area contributed by atoms with Crippen LogP contribution in [0.5, 0.6) is 0 Å². The maximum atomic E-state index is 12.3. The third-order valence-corrected chi connectivity index (χ3v) is 5.41. The van der Waals surface area contributed by atoms with E-state index >= 15 is 0 Å². The Bertz CT molecular complexity index is 420. The molecule has 6 nitrogen and oxygen atoms in total. The fourth-order valence-corrected chi connectivity index (χ4v) is 3.74. The Morgan fingerprint density at radius 2 is 1.76 bits per heavy atom. The van der Waals surface area contributed by atoms with Gasteiger partial charge in [-0.2, -0.15) is 0 Å². The van der Waals surface area contributed by atoms with Gasteiger partial charge in [-0.15, -0.1) is 0 Å². The van der Waals surface area contributed by atoms with Gasteiger partial charge in [-0.05, 0) is 66.6 Å². The van der Waals surface area contributed by atoms with Gasteiger partial charge < -0.3 is 24.6 Å². The second kappa shape index (κ2) is 8.69. The van der Waals surface area contributed by atoms with Crippen LogP contribution in [-0.2, 0) is 9.47 Å². The zero-order chi connectivity index (χ0) is 18.5. The highest BCUT2D eigenvalue weighted by molar-refractivity contribution is 5.68. The molecule has 2 heterocycles. The monoisotopic (exact) mass is 355 g/mol. The van der Waals surface area contributed by atoms with Crippen LogP contribution < -0.4 is 5.32 Å². The summed E-state index contributed by atoms with van der Waals surface area (Å²) in [5.74, 6) is 0. The van der Waals surface area contributed by atoms with Crippen LogP contribution in [0.1, 0.15) is 46.5 Å². The molecule has 1 N–H and O–H groups in total. The first-order valence-corrected chi connectivity index (χ1v) is 9.62. The lowest BCUT2D eigenvalue weighted by molar-refractivity contribution is -0.00781. The smallest absolute Gasteiger partial charge is 0.410 e. The Labute approximate surface area is 153 Å². The molecule has 2 fully saturated rings. The van der Waals surface area contributed by atoms with Crippen molar-refractivity contribution in [2.24, 2.45) is 5.41 Å². The van der Waals surface area contributed by atoms with E-state index in [9.17, 15) is 4.79 Å². The molecular weight excluding hydrogens is 318 g/mol. The van der Waals surface area contributed by atoms with Crippen LogP contribution in [0, 0.1) is 5.41 Å². The van der Waals surface area contributed by atoms with Crippen molar-refractivity contribution in [2.45, 2.75) is 58.1 Å². The lowest BCUT2D eigenvalue weighted by Crippen LogP contribution is -2.52. The standard InChI is InChI=1S/C19H37N3O3/c1-18(2,3)25-17(23)22-12-8-19(9-13-22,15-24-5)14-20-16-6-10-21(4)11-7-16/h16,20H,6-15H2,1-5H3. The summed E-state index contributed by atoms with van der Waals surface area (Å²) in [4.78, 5) is 16.5. The van der Waals surface area contributed by atoms with Crippen LogP contribution in [0.2, 0.25) is 0 Å². The van der Waals surface area contributed by atoms with Crippen molar-refractivity contribution in [3.05, 3.63) is 0 Å². The summed E-state index contributed by atoms with van der Waals surface area (Å²) in [6.45, 7) is 11.3. The quantitative estimate of drug-likeness (QED) is 0.820. The Balaban J connectivity index is 1.84. The number of ether oxygens (including phenoxy) is 2. The molecule has 0 aliphatic carbocycles. The van der Waals surface area contributed by atoms with Crippen molar-refractivity contribution in [3.63, 3.8) is 0 Å². The fraction of sp³-hybridized carbons (Fsp3) is 0.947. The maximum absolute atomic E-state index is 12.3. The van der Waals surface area contributed by atoms with Crippen molar-refractivity contribution < 1.29 is 14.3 Å². The average Bonchev–Trinajstić information content (AvgIpc) is 2.54. The summed E-state index contributed by atoms with van der Waals surface area (Å²) in [6.07, 6.45) is 4.15. The molecule has 0 aromatic rings. The number of hydrogen-bond acceptors (Lipinski definition) is 5. The van der Waals surface area contributed by atoms with Gasteiger partial charge in [0.15, 0.2) is 0 Å². The topological polar surface area (TPSA) is 54.0 Å². The number of nitrogens with one attached hydrogen (secondary N) is 1. The summed E-state index contributed by atoms with van der Waals surface area (Å²) in [7, 11) is 3.96. The van der Waals surface area contributed by atoms with Crippen molar-refractivity contribution in [3.8, 4) is 0 Å². The molecular formula is C19H37N3O3. The van der Waals surface area contributed by atoms with E-state index in [0.29, 0.717) is 6.04 Å². The number of likely N-dealkylation sites (tertiary alicyclic amines) is 2. The van der Waals surface area contributed by atoms with Crippen molar-refractivity contribution >= 4 is 6.09 Å². The first kappa shape index (κ1) is 20.5. The van der Waals surface area contributed by atoms with Gasteiger partial charge in [-0.1, -0.05) is 0 Å². The number of amides is 1. The highest BCUT2D eigenvalue weighted by Crippen LogP contribution is 2.32. The largest absolute Gasteiger partial charge is 0.444 e. The summed E-state index contributed by atoms with van der Waals surface area (Å²) < 4.78 is 11.0. The molecule has 2 aliphatic rings. The first-order valence-electron chi connectivity index (χ1n) is 9.62. The summed E-state index contributed by atoms with van der Waals surface area (Å²) in [6, 6.07) is 0.605. The number of carbonyl (C=O) groups excluding carboxylic acids is 1. The van der Waals surface area contributed by atoms with Crippen LogP contribution in [0.4, 0.5) is 4.79 Å². The third-order valence-electron chi connectivity index (χ3n) is 5.41. The highest BCUT2D eigenvalue weighted by Gasteiger charge is 2.37. The van der Waals surface area contributed by atoms with Crippen molar-refractivity contribution in [1.29, 1.82) is 0 Å². The van der Waals surface area contributed by atoms with Gasteiger partial charge in [-0.3, -0.25) is 0 Å². The Morgan fingerprint density at radius 3 is 2.28 bits per heavy atom. The number of nitrogens with zero attached hydrogens (tertiary/aromatic N) is 2. The van der Waals surface area contributed by atoms with E-state index in [1.807, 2.05) is 25.7 Å². The Morgan fingerprint density at radius 1 is 1.16 bits per heavy atom. The SMILES string of the molecule is COCC1(CNC2CCN(C)CC2)CCN(C(=O)OC(C)(C)C)CC1. The average molecular weight is 356 g/mol. The number of hydrogen-bond donors (Lipinski definition) is 1. The zero-order valence-corrected chi connectivity index (χ0v) is 16.8. The second-order valence-corrected chi connectivity index (χ2v) is 8.86. The summed E-state index contributed by atoms with van der Waals surface area (Å²) >= 11 is 0. The molecule has 1 amide bonds. The van der Waals surface area contributed by atoms with Gasteiger partial charge in [0.2, 0.25) is 0 Å². The summed E-state index contributed by atoms with van der Waals surface area (Å²) in [5, 5.41) is 3.78. The van der Waals surface area contributed by atoms with E-state index < -0.39 is 5.60 Å². The molecule has 0 aromatic heterocycles. The number of carbonyl (C=O) groups is 1. The van der Waals surface area contributed by atoms with E-state index in [2.05, 4.69) is 17.3 Å². The van der Waals surface area contributed by atoms with Gasteiger partial charge in [-0.25, -0.2) is 4.79 Å². The predicted molar refractivity (Wildman–Crippen MR) is 99.9 cm³/mol. The molecule has 0 radical (unpaired) electrons. The van der Waals surface area contributed by atoms with E-state index in [-0.39, 0.29) is 11.5 Å². The molecule has 146 valence electrons. The molecule has 0 spiro atoms. The molecule has 0 aromatic carbocycles. The molecule has 2 saturated heterocycles. The van der Waals surface area contributed by atoms with Crippen LogP contribution >= 0.6 is 0 Å². The van der Waals surface area contributed by atoms with E-state index in [4.69, 9.17) is 9.47 Å². The second-order valence-electron chi connectivity index (χ2n) is 8.86. The molecule has 6 heteroatoms. The number of rotatable bonds is 5. The minimum atomic E-state index is -0.437. The number of methoxy groups -OCH3 is 1. The lowest BCUT2D eigenvalue weighted by Gasteiger charge is -2.43. The molecule has 2 rings (SSSR count). The van der Waals surface area contributed by atoms with Gasteiger partial charge in [0.25, 0.3) is 0 Å². The van der Waals surface area contributed by atoms with E-state index in [0.717, 1.165) is 39.1 Å². The van der Waals surface area contributed by atoms with Crippen molar-refractivity contribution in [2.75, 3.05) is 53.5 Å². The summed E-state index contributed by atoms with van der Waals surface area (Å²) in [5.41, 5.74) is -0.315. The normalized spacial score (nSPS) is 22.8. The first-order chi connectivity index (χ1) is 11.7. The van der Waals surface area contributed by atoms with Gasteiger partial charge in [0, 0.05) is 38.2 Å². The molecule has 0 atom stereocenters. The highest BCUT2D eigenvalue weighted by atomic mass is 16.6. The van der Waals surface area contributed by atoms with Crippen LogP contribution in [0.15, 0.2) is 0 Å². The van der Waals surface area contributed by atoms with Crippen LogP contribution in [0.25, 0.3) is 0 Å². The fourth-order valence-electron chi connectivity index (χ4n) is 3.74. The van der Waals surface area contributed by atoms with Gasteiger partial charge in [0.05, 0.1) is 6.61 Å². The molecule has 0 bridgehead atoms. The van der Waals surface area contributed by atoms with E-state index in [1.165, 1.54) is 25.9 Å². The zero-order valence-electron chi connectivity index (χ0n) is 16.8. The molecule has 2 aliphatic heterocycles. The minimum Gasteiger partial charge on any atom is -0.444 e. The minimum absolute atomic E-state index is 0.122. The third kappa shape index (κ3) is 6.42. The Kier molecular flexibility index (Phi) is 7.11. The molecule has 25 heavy (non-hydrogen) atoms. The lowest BCUT2D eigenvalue weighted by atomic mass is 9.78. The molecule has 0 saturated carbocycles. The van der Waals surface area contributed by atoms with E-state index in [1.54, 1.807) is 7.11 Å². The Hall–Kier alpha value is -0.850. The van der Waals surface area contributed by atoms with Crippen LogP contribution in [-0.4, -0.2) is 81.0 Å². The molecule has 0 unspecified atom stereocenters. The van der Waals surface area contributed by atoms with Gasteiger partial charge >= 0.3 is 6.09 Å². The van der Waals surface area contributed by atoms with Crippen LogP contribution in [0.3, 0.4) is 0 Å². The predicted octanol–water partition coefficient (Wildman–Crippen LogP) is 2.33. The van der Waals surface area contributed by atoms with Gasteiger partial charge in [0.1, 0.15) is 5.60 Å². The maximum Gasteiger partial charge on any atom is 0.410 e. The number of piperidine rings is 2. The van der Waals surface area contributed by atoms with Crippen molar-refractivity contribution in [1.82, 2.24) is 15.1 Å².